The van der Waals surface area contributed by atoms with Crippen molar-refractivity contribution in [2.24, 2.45) is 5.73 Å². The zero-order valence-corrected chi connectivity index (χ0v) is 18.5. The molecule has 150 valence electrons. The molecule has 0 aromatic heterocycles. The van der Waals surface area contributed by atoms with Crippen molar-refractivity contribution in [2.75, 3.05) is 12.9 Å². The van der Waals surface area contributed by atoms with E-state index < -0.39 is 10.8 Å². The molecule has 0 spiro atoms. The third kappa shape index (κ3) is 5.86. The van der Waals surface area contributed by atoms with Crippen molar-refractivity contribution in [2.45, 2.75) is 25.5 Å². The Morgan fingerprint density at radius 1 is 1.50 bits per heavy atom. The standard InChI is InChI=1S/C20H24N2O3S3/c1-4-25-18(23)11-13(2)14-7-5-6-8-15(12-14)28(24)17-10-9-16(19(21)22)27-20(17)26-3/h5,7-12,16H,4,6H2,1-3H3,(H3,21,22)/b13-11-. The molecule has 0 aromatic carbocycles. The molecule has 2 aliphatic rings. The van der Waals surface area contributed by atoms with Gasteiger partial charge in [-0.15, -0.1) is 23.5 Å². The minimum absolute atomic E-state index is 0.0809. The molecule has 8 heteroatoms. The van der Waals surface area contributed by atoms with Crippen LogP contribution in [0.25, 0.3) is 0 Å². The van der Waals surface area contributed by atoms with Crippen molar-refractivity contribution in [1.82, 2.24) is 0 Å². The van der Waals surface area contributed by atoms with E-state index in [1.54, 1.807) is 13.0 Å². The molecule has 28 heavy (non-hydrogen) atoms. The summed E-state index contributed by atoms with van der Waals surface area (Å²) < 4.78 is 19.2. The van der Waals surface area contributed by atoms with Gasteiger partial charge < -0.3 is 10.5 Å². The van der Waals surface area contributed by atoms with Gasteiger partial charge in [-0.25, -0.2) is 9.00 Å². The predicted octanol–water partition coefficient (Wildman–Crippen LogP) is 4.15. The normalized spacial score (nSPS) is 21.0. The van der Waals surface area contributed by atoms with Gasteiger partial charge in [-0.2, -0.15) is 0 Å². The summed E-state index contributed by atoms with van der Waals surface area (Å²) >= 11 is 2.95. The summed E-state index contributed by atoms with van der Waals surface area (Å²) in [6.45, 7) is 3.92. The molecular weight excluding hydrogens is 412 g/mol. The number of nitrogens with one attached hydrogen (secondary N) is 1. The number of ether oxygens (including phenoxy) is 1. The van der Waals surface area contributed by atoms with Gasteiger partial charge in [-0.1, -0.05) is 24.3 Å². The number of nitrogens with two attached hydrogens (primary N) is 1. The van der Waals surface area contributed by atoms with E-state index >= 15 is 0 Å². The van der Waals surface area contributed by atoms with E-state index in [1.807, 2.05) is 43.6 Å². The van der Waals surface area contributed by atoms with Crippen LogP contribution in [0.15, 0.2) is 67.7 Å². The van der Waals surface area contributed by atoms with Crippen LogP contribution in [0.1, 0.15) is 20.3 Å². The monoisotopic (exact) mass is 436 g/mol. The predicted molar refractivity (Wildman–Crippen MR) is 121 cm³/mol. The first-order valence-corrected chi connectivity index (χ1v) is 11.9. The molecule has 0 bridgehead atoms. The maximum absolute atomic E-state index is 13.3. The maximum atomic E-state index is 13.3. The first-order chi connectivity index (χ1) is 13.4. The third-order valence-electron chi connectivity index (χ3n) is 3.89. The van der Waals surface area contributed by atoms with Crippen molar-refractivity contribution in [3.8, 4) is 0 Å². The first kappa shape index (κ1) is 22.5. The lowest BCUT2D eigenvalue weighted by molar-refractivity contribution is -0.137. The van der Waals surface area contributed by atoms with Crippen LogP contribution in [0, 0.1) is 5.41 Å². The van der Waals surface area contributed by atoms with Gasteiger partial charge in [-0.3, -0.25) is 5.41 Å². The number of amidine groups is 1. The molecule has 0 saturated carbocycles. The summed E-state index contributed by atoms with van der Waals surface area (Å²) in [5, 5.41) is 7.41. The number of esters is 1. The second-order valence-corrected chi connectivity index (χ2v) is 9.58. The van der Waals surface area contributed by atoms with Crippen LogP contribution in [0.5, 0.6) is 0 Å². The fourth-order valence-electron chi connectivity index (χ4n) is 2.49. The minimum atomic E-state index is -1.37. The van der Waals surface area contributed by atoms with Gasteiger partial charge >= 0.3 is 5.97 Å². The average molecular weight is 437 g/mol. The fraction of sp³-hybridized carbons (Fsp3) is 0.300. The van der Waals surface area contributed by atoms with E-state index in [9.17, 15) is 9.00 Å². The fourth-order valence-corrected chi connectivity index (χ4v) is 6.10. The van der Waals surface area contributed by atoms with Crippen molar-refractivity contribution in [3.63, 3.8) is 0 Å². The Morgan fingerprint density at radius 3 is 2.89 bits per heavy atom. The summed E-state index contributed by atoms with van der Waals surface area (Å²) in [5.41, 5.74) is 7.19. The Kier molecular flexibility index (Phi) is 8.59. The summed E-state index contributed by atoms with van der Waals surface area (Å²) in [4.78, 5) is 13.1. The number of rotatable bonds is 7. The number of carbonyl (C=O) groups is 1. The van der Waals surface area contributed by atoms with Crippen LogP contribution in [-0.2, 0) is 20.3 Å². The largest absolute Gasteiger partial charge is 0.463 e. The van der Waals surface area contributed by atoms with Crippen molar-refractivity contribution < 1.29 is 13.7 Å². The Morgan fingerprint density at radius 2 is 2.25 bits per heavy atom. The quantitative estimate of drug-likeness (QED) is 0.269. The van der Waals surface area contributed by atoms with Crippen molar-refractivity contribution in [1.29, 1.82) is 5.41 Å². The third-order valence-corrected chi connectivity index (χ3v) is 8.08. The van der Waals surface area contributed by atoms with Gasteiger partial charge in [0.05, 0.1) is 31.8 Å². The van der Waals surface area contributed by atoms with E-state index in [-0.39, 0.29) is 17.1 Å². The van der Waals surface area contributed by atoms with E-state index in [1.165, 1.54) is 29.6 Å². The molecule has 0 radical (unpaired) electrons. The lowest BCUT2D eigenvalue weighted by Gasteiger charge is -2.20. The summed E-state index contributed by atoms with van der Waals surface area (Å²) in [6.07, 6.45) is 15.3. The molecule has 0 amide bonds. The average Bonchev–Trinajstić information content (AvgIpc) is 2.93. The first-order valence-electron chi connectivity index (χ1n) is 8.70. The van der Waals surface area contributed by atoms with E-state index in [2.05, 4.69) is 0 Å². The topological polar surface area (TPSA) is 93.2 Å². The zero-order valence-electron chi connectivity index (χ0n) is 16.1. The van der Waals surface area contributed by atoms with Gasteiger partial charge in [0, 0.05) is 11.0 Å². The molecule has 0 saturated heterocycles. The van der Waals surface area contributed by atoms with Gasteiger partial charge in [0.1, 0.15) is 5.84 Å². The van der Waals surface area contributed by atoms with Crippen molar-refractivity contribution >= 4 is 46.1 Å². The number of hydrogen-bond donors (Lipinski definition) is 2. The van der Waals surface area contributed by atoms with Gasteiger partial charge in [-0.05, 0) is 49.8 Å². The molecule has 1 aliphatic heterocycles. The molecule has 2 atom stereocenters. The highest BCUT2D eigenvalue weighted by Gasteiger charge is 2.23. The van der Waals surface area contributed by atoms with Crippen LogP contribution in [0.2, 0.25) is 0 Å². The lowest BCUT2D eigenvalue weighted by Crippen LogP contribution is -2.24. The number of allylic oxidation sites excluding steroid dienone is 7. The highest BCUT2D eigenvalue weighted by Crippen LogP contribution is 2.40. The molecule has 2 rings (SSSR count). The molecular formula is C20H24N2O3S3. The lowest BCUT2D eigenvalue weighted by atomic mass is 10.1. The van der Waals surface area contributed by atoms with Crippen LogP contribution < -0.4 is 5.73 Å². The maximum Gasteiger partial charge on any atom is 0.331 e. The molecule has 3 N–H and O–H groups in total. The van der Waals surface area contributed by atoms with Crippen LogP contribution >= 0.6 is 23.5 Å². The van der Waals surface area contributed by atoms with E-state index in [0.29, 0.717) is 22.8 Å². The highest BCUT2D eigenvalue weighted by atomic mass is 32.2. The minimum Gasteiger partial charge on any atom is -0.463 e. The van der Waals surface area contributed by atoms with Gasteiger partial charge in [0.2, 0.25) is 0 Å². The Balaban J connectivity index is 2.32. The van der Waals surface area contributed by atoms with Crippen LogP contribution in [-0.4, -0.2) is 34.1 Å². The molecule has 5 nitrogen and oxygen atoms in total. The molecule has 2 unspecified atom stereocenters. The Bertz CT molecular complexity index is 864. The number of carbonyl (C=O) groups excluding carboxylic acids is 1. The smallest absolute Gasteiger partial charge is 0.331 e. The van der Waals surface area contributed by atoms with Gasteiger partial charge in [0.15, 0.2) is 0 Å². The van der Waals surface area contributed by atoms with E-state index in [4.69, 9.17) is 15.9 Å². The molecule has 1 heterocycles. The van der Waals surface area contributed by atoms with E-state index in [0.717, 1.165) is 15.4 Å². The second kappa shape index (κ2) is 10.7. The van der Waals surface area contributed by atoms with Gasteiger partial charge in [0.25, 0.3) is 0 Å². The Labute approximate surface area is 176 Å². The second-order valence-electron chi connectivity index (χ2n) is 5.90. The molecule has 1 aliphatic carbocycles. The molecule has 0 fully saturated rings. The van der Waals surface area contributed by atoms with Crippen LogP contribution in [0.3, 0.4) is 0 Å². The summed E-state index contributed by atoms with van der Waals surface area (Å²) in [5.74, 6) is -0.308. The Hall–Kier alpha value is -1.77. The zero-order chi connectivity index (χ0) is 20.7. The molecule has 0 aromatic rings. The summed E-state index contributed by atoms with van der Waals surface area (Å²) in [6, 6.07) is 0. The number of hydrogen-bond acceptors (Lipinski definition) is 6. The highest BCUT2D eigenvalue weighted by molar-refractivity contribution is 8.23. The summed E-state index contributed by atoms with van der Waals surface area (Å²) in [7, 11) is -1.37. The van der Waals surface area contributed by atoms with Crippen molar-refractivity contribution in [3.05, 3.63) is 67.7 Å². The van der Waals surface area contributed by atoms with Crippen LogP contribution in [0.4, 0.5) is 0 Å². The SMILES string of the molecule is CCOC(=O)/C=C(/C)C1=CC(S(=O)C2=C(SC)SC(C(=N)N)C=C2)=CCC=C1. The number of thioether (sulfide) groups is 2.